The molecule has 0 atom stereocenters. The van der Waals surface area contributed by atoms with E-state index in [1.807, 2.05) is 0 Å². The first-order chi connectivity index (χ1) is 7.67. The number of hydrogen-bond donors (Lipinski definition) is 2. The maximum Gasteiger partial charge on any atom is 0.255 e. The Morgan fingerprint density at radius 3 is 2.81 bits per heavy atom. The van der Waals surface area contributed by atoms with Crippen molar-refractivity contribution in [2.75, 3.05) is 24.6 Å². The first-order valence-corrected chi connectivity index (χ1v) is 4.96. The van der Waals surface area contributed by atoms with Gasteiger partial charge in [0.05, 0.1) is 18.8 Å². The fourth-order valence-electron chi connectivity index (χ4n) is 1.39. The van der Waals surface area contributed by atoms with Crippen molar-refractivity contribution in [3.05, 3.63) is 24.0 Å². The Hall–Kier alpha value is -1.27. The van der Waals surface area contributed by atoms with Gasteiger partial charge in [-0.1, -0.05) is 0 Å². The van der Waals surface area contributed by atoms with Crippen molar-refractivity contribution >= 4 is 5.69 Å². The third-order valence-corrected chi connectivity index (χ3v) is 2.10. The maximum atomic E-state index is 12.3. The van der Waals surface area contributed by atoms with Gasteiger partial charge in [0.25, 0.3) is 6.43 Å². The summed E-state index contributed by atoms with van der Waals surface area (Å²) in [5.41, 5.74) is 6.65. The molecule has 90 valence electrons. The highest BCUT2D eigenvalue weighted by Crippen LogP contribution is 2.15. The lowest BCUT2D eigenvalue weighted by Crippen LogP contribution is -2.31. The van der Waals surface area contributed by atoms with Gasteiger partial charge in [0.2, 0.25) is 0 Å². The number of alkyl halides is 2. The number of halogens is 2. The molecule has 0 saturated carbocycles. The van der Waals surface area contributed by atoms with E-state index < -0.39 is 13.0 Å². The SMILES string of the molecule is NCc1cc(N(CCO)CC(F)F)ccn1. The molecule has 0 saturated heterocycles. The van der Waals surface area contributed by atoms with Crippen molar-refractivity contribution in [2.24, 2.45) is 5.73 Å². The quantitative estimate of drug-likeness (QED) is 0.752. The summed E-state index contributed by atoms with van der Waals surface area (Å²) in [6.45, 7) is -0.157. The number of aliphatic hydroxyl groups is 1. The Morgan fingerprint density at radius 2 is 2.25 bits per heavy atom. The second-order valence-corrected chi connectivity index (χ2v) is 3.27. The molecule has 0 aliphatic carbocycles. The molecule has 3 N–H and O–H groups in total. The fourth-order valence-corrected chi connectivity index (χ4v) is 1.39. The Morgan fingerprint density at radius 1 is 1.50 bits per heavy atom. The predicted molar refractivity (Wildman–Crippen MR) is 57.4 cm³/mol. The van der Waals surface area contributed by atoms with Crippen LogP contribution in [0.2, 0.25) is 0 Å². The van der Waals surface area contributed by atoms with Crippen molar-refractivity contribution in [1.82, 2.24) is 4.98 Å². The first-order valence-electron chi connectivity index (χ1n) is 4.96. The van der Waals surface area contributed by atoms with E-state index in [0.717, 1.165) is 0 Å². The molecule has 0 aliphatic rings. The Balaban J connectivity index is 2.82. The van der Waals surface area contributed by atoms with Crippen LogP contribution in [0.15, 0.2) is 18.3 Å². The number of anilines is 1. The average Bonchev–Trinajstić information content (AvgIpc) is 2.28. The van der Waals surface area contributed by atoms with E-state index in [1.165, 1.54) is 11.1 Å². The molecule has 0 bridgehead atoms. The van der Waals surface area contributed by atoms with Gasteiger partial charge >= 0.3 is 0 Å². The number of hydrogen-bond acceptors (Lipinski definition) is 4. The van der Waals surface area contributed by atoms with Crippen LogP contribution in [0.4, 0.5) is 14.5 Å². The number of aliphatic hydroxyl groups excluding tert-OH is 1. The first kappa shape index (κ1) is 12.8. The second kappa shape index (κ2) is 6.34. The molecular weight excluding hydrogens is 216 g/mol. The Bertz CT molecular complexity index is 323. The number of nitrogens with zero attached hydrogens (tertiary/aromatic N) is 2. The molecule has 0 aliphatic heterocycles. The maximum absolute atomic E-state index is 12.3. The van der Waals surface area contributed by atoms with E-state index in [4.69, 9.17) is 10.8 Å². The highest BCUT2D eigenvalue weighted by molar-refractivity contribution is 5.46. The normalized spacial score (nSPS) is 10.8. The van der Waals surface area contributed by atoms with Gasteiger partial charge < -0.3 is 15.7 Å². The van der Waals surface area contributed by atoms with Gasteiger partial charge in [-0.2, -0.15) is 0 Å². The number of nitrogens with two attached hydrogens (primary N) is 1. The lowest BCUT2D eigenvalue weighted by molar-refractivity contribution is 0.153. The summed E-state index contributed by atoms with van der Waals surface area (Å²) in [4.78, 5) is 5.39. The van der Waals surface area contributed by atoms with Crippen LogP contribution >= 0.6 is 0 Å². The third kappa shape index (κ3) is 3.71. The van der Waals surface area contributed by atoms with Gasteiger partial charge in [0, 0.05) is 25.0 Å². The van der Waals surface area contributed by atoms with Crippen molar-refractivity contribution in [3.63, 3.8) is 0 Å². The predicted octanol–water partition coefficient (Wildman–Crippen LogP) is 0.604. The van der Waals surface area contributed by atoms with E-state index in [0.29, 0.717) is 11.4 Å². The van der Waals surface area contributed by atoms with Gasteiger partial charge in [-0.3, -0.25) is 4.98 Å². The minimum absolute atomic E-state index is 0.165. The summed E-state index contributed by atoms with van der Waals surface area (Å²) in [5.74, 6) is 0. The van der Waals surface area contributed by atoms with Crippen LogP contribution in [0.1, 0.15) is 5.69 Å². The fraction of sp³-hybridized carbons (Fsp3) is 0.500. The molecule has 0 aromatic carbocycles. The molecule has 1 aromatic heterocycles. The van der Waals surface area contributed by atoms with E-state index in [9.17, 15) is 8.78 Å². The summed E-state index contributed by atoms with van der Waals surface area (Å²) in [7, 11) is 0. The summed E-state index contributed by atoms with van der Waals surface area (Å²) in [6.07, 6.45) is -0.922. The number of aromatic nitrogens is 1. The zero-order valence-corrected chi connectivity index (χ0v) is 8.81. The lowest BCUT2D eigenvalue weighted by atomic mass is 10.3. The van der Waals surface area contributed by atoms with Crippen molar-refractivity contribution in [2.45, 2.75) is 13.0 Å². The molecule has 0 unspecified atom stereocenters. The molecule has 4 nitrogen and oxygen atoms in total. The van der Waals surface area contributed by atoms with Crippen molar-refractivity contribution in [3.8, 4) is 0 Å². The van der Waals surface area contributed by atoms with Gasteiger partial charge in [-0.05, 0) is 12.1 Å². The molecule has 1 rings (SSSR count). The summed E-state index contributed by atoms with van der Waals surface area (Å²) >= 11 is 0. The summed E-state index contributed by atoms with van der Waals surface area (Å²) in [6, 6.07) is 3.27. The Kier molecular flexibility index (Phi) is 5.07. The third-order valence-electron chi connectivity index (χ3n) is 2.10. The molecule has 1 aromatic rings. The largest absolute Gasteiger partial charge is 0.395 e. The minimum Gasteiger partial charge on any atom is -0.395 e. The van der Waals surface area contributed by atoms with E-state index in [2.05, 4.69) is 4.98 Å². The summed E-state index contributed by atoms with van der Waals surface area (Å²) in [5, 5.41) is 8.81. The standard InChI is InChI=1S/C10H15F2N3O/c11-10(12)7-15(3-4-16)9-1-2-14-8(5-9)6-13/h1-2,5,10,16H,3-4,6-7,13H2. The topological polar surface area (TPSA) is 62.4 Å². The van der Waals surface area contributed by atoms with Crippen LogP contribution in [-0.2, 0) is 6.54 Å². The zero-order valence-electron chi connectivity index (χ0n) is 8.81. The van der Waals surface area contributed by atoms with Crippen LogP contribution in [0.5, 0.6) is 0 Å². The van der Waals surface area contributed by atoms with Crippen LogP contribution in [-0.4, -0.2) is 36.2 Å². The molecule has 0 radical (unpaired) electrons. The van der Waals surface area contributed by atoms with Crippen LogP contribution in [0.3, 0.4) is 0 Å². The van der Waals surface area contributed by atoms with Gasteiger partial charge in [-0.15, -0.1) is 0 Å². The number of pyridine rings is 1. The van der Waals surface area contributed by atoms with Gasteiger partial charge in [-0.25, -0.2) is 8.78 Å². The molecule has 6 heteroatoms. The van der Waals surface area contributed by atoms with Crippen molar-refractivity contribution < 1.29 is 13.9 Å². The molecule has 0 spiro atoms. The minimum atomic E-state index is -2.44. The van der Waals surface area contributed by atoms with Gasteiger partial charge in [0.15, 0.2) is 0 Å². The van der Waals surface area contributed by atoms with E-state index in [-0.39, 0.29) is 19.7 Å². The van der Waals surface area contributed by atoms with Crippen LogP contribution < -0.4 is 10.6 Å². The van der Waals surface area contributed by atoms with Crippen LogP contribution in [0, 0.1) is 0 Å². The molecule has 16 heavy (non-hydrogen) atoms. The molecule has 1 heterocycles. The van der Waals surface area contributed by atoms with Crippen molar-refractivity contribution in [1.29, 1.82) is 0 Å². The average molecular weight is 231 g/mol. The zero-order chi connectivity index (χ0) is 12.0. The smallest absolute Gasteiger partial charge is 0.255 e. The highest BCUT2D eigenvalue weighted by Gasteiger charge is 2.12. The molecule has 0 fully saturated rings. The summed E-state index contributed by atoms with van der Waals surface area (Å²) < 4.78 is 24.6. The van der Waals surface area contributed by atoms with E-state index >= 15 is 0 Å². The Labute approximate surface area is 92.7 Å². The van der Waals surface area contributed by atoms with Gasteiger partial charge in [0.1, 0.15) is 0 Å². The lowest BCUT2D eigenvalue weighted by Gasteiger charge is -2.23. The molecule has 0 amide bonds. The molecular formula is C10H15F2N3O. The highest BCUT2D eigenvalue weighted by atomic mass is 19.3. The van der Waals surface area contributed by atoms with E-state index in [1.54, 1.807) is 12.1 Å². The second-order valence-electron chi connectivity index (χ2n) is 3.27. The monoisotopic (exact) mass is 231 g/mol. The number of rotatable bonds is 6. The van der Waals surface area contributed by atoms with Crippen LogP contribution in [0.25, 0.3) is 0 Å².